The number of anilines is 1. The lowest BCUT2D eigenvalue weighted by molar-refractivity contribution is 0.0991. The van der Waals surface area contributed by atoms with E-state index in [1.165, 1.54) is 19.1 Å². The number of nitrogens with two attached hydrogens (primary N) is 1. The Kier molecular flexibility index (Phi) is 2.88. The van der Waals surface area contributed by atoms with Crippen molar-refractivity contribution >= 4 is 23.1 Å². The van der Waals surface area contributed by atoms with Gasteiger partial charge in [0.1, 0.15) is 5.82 Å². The van der Waals surface area contributed by atoms with Crippen LogP contribution in [0.1, 0.15) is 17.3 Å². The molecule has 1 aromatic rings. The zero-order chi connectivity index (χ0) is 10.0. The molecular weight excluding hydrogens is 193 g/mol. The molecule has 0 heterocycles. The minimum absolute atomic E-state index is 0.0266. The Labute approximate surface area is 80.5 Å². The van der Waals surface area contributed by atoms with Crippen LogP contribution in [-0.4, -0.2) is 11.2 Å². The third kappa shape index (κ3) is 2.18. The van der Waals surface area contributed by atoms with Crippen molar-refractivity contribution in [3.8, 4) is 0 Å². The highest BCUT2D eigenvalue weighted by molar-refractivity contribution is 6.33. The van der Waals surface area contributed by atoms with Crippen LogP contribution in [0.25, 0.3) is 0 Å². The van der Waals surface area contributed by atoms with E-state index in [4.69, 9.17) is 17.3 Å². The topological polar surface area (TPSA) is 43.1 Å². The van der Waals surface area contributed by atoms with E-state index < -0.39 is 11.2 Å². The predicted octanol–water partition coefficient (Wildman–Crippen LogP) is 2.22. The molecule has 0 fully saturated rings. The molecule has 0 radical (unpaired) electrons. The van der Waals surface area contributed by atoms with E-state index in [2.05, 4.69) is 0 Å². The van der Waals surface area contributed by atoms with Gasteiger partial charge >= 0.3 is 0 Å². The first-order chi connectivity index (χ1) is 6.02. The molecule has 0 aliphatic rings. The summed E-state index contributed by atoms with van der Waals surface area (Å²) in [5.41, 5.74) is 5.52. The average Bonchev–Trinajstić information content (AvgIpc) is 2.08. The molecule has 13 heavy (non-hydrogen) atoms. The summed E-state index contributed by atoms with van der Waals surface area (Å²) < 4.78 is 12.9. The third-order valence-corrected chi connectivity index (χ3v) is 1.84. The average molecular weight is 202 g/mol. The lowest BCUT2D eigenvalue weighted by Crippen LogP contribution is -2.10. The van der Waals surface area contributed by atoms with Crippen LogP contribution >= 0.6 is 11.6 Å². The van der Waals surface area contributed by atoms with Gasteiger partial charge in [-0.1, -0.05) is 0 Å². The SMILES string of the molecule is CC(Cl)C(=O)c1ccc(N)c(F)c1. The number of Topliss-reactive ketones (excluding diaryl/α,β-unsaturated/α-hetero) is 1. The van der Waals surface area contributed by atoms with Gasteiger partial charge < -0.3 is 5.73 Å². The van der Waals surface area contributed by atoms with Gasteiger partial charge in [-0.05, 0) is 25.1 Å². The number of carbonyl (C=O) groups excluding carboxylic acids is 1. The fourth-order valence-electron chi connectivity index (χ4n) is 0.910. The molecule has 2 nitrogen and oxygen atoms in total. The van der Waals surface area contributed by atoms with Gasteiger partial charge in [0.25, 0.3) is 0 Å². The van der Waals surface area contributed by atoms with Gasteiger partial charge in [-0.2, -0.15) is 0 Å². The molecule has 70 valence electrons. The van der Waals surface area contributed by atoms with E-state index >= 15 is 0 Å². The number of ketones is 1. The van der Waals surface area contributed by atoms with Crippen LogP contribution in [0.4, 0.5) is 10.1 Å². The second-order valence-electron chi connectivity index (χ2n) is 2.72. The number of hydrogen-bond acceptors (Lipinski definition) is 2. The largest absolute Gasteiger partial charge is 0.396 e. The Morgan fingerprint density at radius 1 is 1.62 bits per heavy atom. The number of alkyl halides is 1. The van der Waals surface area contributed by atoms with Crippen molar-refractivity contribution in [1.82, 2.24) is 0 Å². The fourth-order valence-corrected chi connectivity index (χ4v) is 1.04. The summed E-state index contributed by atoms with van der Waals surface area (Å²) in [4.78, 5) is 11.3. The molecule has 1 unspecified atom stereocenters. The first-order valence-corrected chi connectivity index (χ1v) is 4.19. The van der Waals surface area contributed by atoms with Crippen LogP contribution in [0.15, 0.2) is 18.2 Å². The lowest BCUT2D eigenvalue weighted by Gasteiger charge is -2.03. The minimum atomic E-state index is -0.650. The van der Waals surface area contributed by atoms with Crippen LogP contribution in [0, 0.1) is 5.82 Å². The normalized spacial score (nSPS) is 12.5. The Morgan fingerprint density at radius 2 is 2.23 bits per heavy atom. The molecule has 0 amide bonds. The van der Waals surface area contributed by atoms with Crippen molar-refractivity contribution in [3.05, 3.63) is 29.6 Å². The number of hydrogen-bond donors (Lipinski definition) is 1. The molecule has 1 aromatic carbocycles. The van der Waals surface area contributed by atoms with E-state index in [9.17, 15) is 9.18 Å². The highest BCUT2D eigenvalue weighted by Gasteiger charge is 2.13. The molecule has 0 spiro atoms. The maximum Gasteiger partial charge on any atom is 0.180 e. The molecule has 0 saturated heterocycles. The van der Waals surface area contributed by atoms with Crippen molar-refractivity contribution in [2.75, 3.05) is 5.73 Å². The smallest absolute Gasteiger partial charge is 0.180 e. The van der Waals surface area contributed by atoms with Crippen LogP contribution in [0.3, 0.4) is 0 Å². The highest BCUT2D eigenvalue weighted by atomic mass is 35.5. The summed E-state index contributed by atoms with van der Waals surface area (Å²) >= 11 is 5.55. The molecule has 0 aliphatic heterocycles. The zero-order valence-electron chi connectivity index (χ0n) is 7.05. The molecule has 0 aliphatic carbocycles. The van der Waals surface area contributed by atoms with Crippen molar-refractivity contribution in [3.63, 3.8) is 0 Å². The number of nitrogen functional groups attached to an aromatic ring is 1. The van der Waals surface area contributed by atoms with E-state index in [0.29, 0.717) is 0 Å². The van der Waals surface area contributed by atoms with Crippen LogP contribution in [-0.2, 0) is 0 Å². The molecule has 4 heteroatoms. The Morgan fingerprint density at radius 3 is 2.69 bits per heavy atom. The maximum absolute atomic E-state index is 12.9. The van der Waals surface area contributed by atoms with Crippen molar-refractivity contribution in [1.29, 1.82) is 0 Å². The van der Waals surface area contributed by atoms with Crippen LogP contribution in [0.5, 0.6) is 0 Å². The Balaban J connectivity index is 3.04. The molecule has 1 rings (SSSR count). The van der Waals surface area contributed by atoms with Gasteiger partial charge in [0.2, 0.25) is 0 Å². The first kappa shape index (κ1) is 9.99. The molecule has 0 saturated carbocycles. The van der Waals surface area contributed by atoms with E-state index in [-0.39, 0.29) is 17.0 Å². The summed E-state index contributed by atoms with van der Waals surface area (Å²) in [6.45, 7) is 1.54. The van der Waals surface area contributed by atoms with Crippen LogP contribution in [0.2, 0.25) is 0 Å². The standard InChI is InChI=1S/C9H9ClFNO/c1-5(10)9(13)6-2-3-8(12)7(11)4-6/h2-5H,12H2,1H3. The monoisotopic (exact) mass is 201 g/mol. The quantitative estimate of drug-likeness (QED) is 0.453. The van der Waals surface area contributed by atoms with Gasteiger partial charge in [-0.15, -0.1) is 11.6 Å². The van der Waals surface area contributed by atoms with Crippen molar-refractivity contribution < 1.29 is 9.18 Å². The van der Waals surface area contributed by atoms with E-state index in [1.54, 1.807) is 0 Å². The van der Waals surface area contributed by atoms with Crippen molar-refractivity contribution in [2.24, 2.45) is 0 Å². The molecule has 0 bridgehead atoms. The number of carbonyl (C=O) groups is 1. The van der Waals surface area contributed by atoms with Gasteiger partial charge in [0.05, 0.1) is 11.1 Å². The highest BCUT2D eigenvalue weighted by Crippen LogP contribution is 2.14. The maximum atomic E-state index is 12.9. The van der Waals surface area contributed by atoms with Gasteiger partial charge in [0, 0.05) is 5.56 Å². The molecule has 0 aromatic heterocycles. The third-order valence-electron chi connectivity index (χ3n) is 1.65. The van der Waals surface area contributed by atoms with Crippen LogP contribution < -0.4 is 5.73 Å². The van der Waals surface area contributed by atoms with E-state index in [1.807, 2.05) is 0 Å². The summed E-state index contributed by atoms with van der Waals surface area (Å²) in [6.07, 6.45) is 0. The minimum Gasteiger partial charge on any atom is -0.396 e. The lowest BCUT2D eigenvalue weighted by atomic mass is 10.1. The van der Waals surface area contributed by atoms with Gasteiger partial charge in [0.15, 0.2) is 5.78 Å². The van der Waals surface area contributed by atoms with E-state index in [0.717, 1.165) is 6.07 Å². The van der Waals surface area contributed by atoms with Gasteiger partial charge in [-0.25, -0.2) is 4.39 Å². The van der Waals surface area contributed by atoms with Crippen molar-refractivity contribution in [2.45, 2.75) is 12.3 Å². The number of benzene rings is 1. The predicted molar refractivity (Wildman–Crippen MR) is 50.5 cm³/mol. The fraction of sp³-hybridized carbons (Fsp3) is 0.222. The Hall–Kier alpha value is -1.09. The van der Waals surface area contributed by atoms with Gasteiger partial charge in [-0.3, -0.25) is 4.79 Å². The summed E-state index contributed by atoms with van der Waals surface area (Å²) in [6, 6.07) is 3.90. The first-order valence-electron chi connectivity index (χ1n) is 3.75. The molecular formula is C9H9ClFNO. The Bertz CT molecular complexity index is 338. The summed E-state index contributed by atoms with van der Waals surface area (Å²) in [5, 5.41) is -0.650. The summed E-state index contributed by atoms with van der Waals surface area (Å²) in [5.74, 6) is -0.899. The second kappa shape index (κ2) is 3.75. The number of halogens is 2. The number of rotatable bonds is 2. The zero-order valence-corrected chi connectivity index (χ0v) is 7.81. The summed E-state index contributed by atoms with van der Waals surface area (Å²) in [7, 11) is 0. The molecule has 2 N–H and O–H groups in total. The second-order valence-corrected chi connectivity index (χ2v) is 3.37. The molecule has 1 atom stereocenters.